The zero-order valence-corrected chi connectivity index (χ0v) is 7.67. The Kier molecular flexibility index (Phi) is 4.46. The van der Waals surface area contributed by atoms with Gasteiger partial charge in [-0.15, -0.1) is 0 Å². The molecule has 10 heteroatoms. The minimum absolute atomic E-state index is 0.836. The van der Waals surface area contributed by atoms with E-state index >= 15 is 0 Å². The third-order valence-electron chi connectivity index (χ3n) is 1.69. The van der Waals surface area contributed by atoms with Gasteiger partial charge in [0.1, 0.15) is 0 Å². The minimum atomic E-state index is -6.51. The normalized spacial score (nSPS) is 16.1. The fraction of sp³-hybridized carbons (Fsp3) is 0.714. The van der Waals surface area contributed by atoms with E-state index in [9.17, 15) is 44.3 Å². The maximum absolute atomic E-state index is 12.5. The molecule has 0 aliphatic heterocycles. The van der Waals surface area contributed by atoms with Crippen molar-refractivity contribution in [3.8, 4) is 0 Å². The van der Waals surface area contributed by atoms with Crippen LogP contribution in [0.4, 0.5) is 39.5 Å². The topological polar surface area (TPSA) is 17.1 Å². The van der Waals surface area contributed by atoms with Crippen LogP contribution < -0.4 is 0 Å². The van der Waals surface area contributed by atoms with Gasteiger partial charge in [-0.2, -0.15) is 35.1 Å². The van der Waals surface area contributed by atoms with Gasteiger partial charge in [0, 0.05) is 0 Å². The average Bonchev–Trinajstić information content (AvgIpc) is 2.15. The van der Waals surface area contributed by atoms with Crippen molar-refractivity contribution < 1.29 is 44.3 Å². The molecule has 0 aromatic rings. The first-order chi connectivity index (χ1) is 7.40. The van der Waals surface area contributed by atoms with Gasteiger partial charge in [-0.3, -0.25) is 0 Å². The van der Waals surface area contributed by atoms with Crippen molar-refractivity contribution >= 4 is 6.29 Å². The molecule has 0 N–H and O–H groups in total. The van der Waals surface area contributed by atoms with Crippen molar-refractivity contribution in [2.24, 2.45) is 0 Å². The number of carbonyl (C=O) groups is 1. The molecule has 0 heterocycles. The standard InChI is InChI=1S/C7H4F9O/c8-3(2-17)1-5(11,12)7(15,16)6(13,14)4(9)10/h2-3H,1H2. The van der Waals surface area contributed by atoms with Gasteiger partial charge in [0.15, 0.2) is 12.5 Å². The molecule has 0 amide bonds. The number of carbonyl (C=O) groups excluding carboxylic acids is 1. The Morgan fingerprint density at radius 1 is 1.06 bits per heavy atom. The van der Waals surface area contributed by atoms with Crippen molar-refractivity contribution in [1.29, 1.82) is 0 Å². The highest BCUT2D eigenvalue weighted by molar-refractivity contribution is 5.55. The van der Waals surface area contributed by atoms with Crippen molar-refractivity contribution in [1.82, 2.24) is 0 Å². The molecule has 1 radical (unpaired) electrons. The second kappa shape index (κ2) is 4.73. The summed E-state index contributed by atoms with van der Waals surface area (Å²) in [6.45, 7) is 0. The highest BCUT2D eigenvalue weighted by Crippen LogP contribution is 2.52. The molecule has 0 saturated heterocycles. The fourth-order valence-electron chi connectivity index (χ4n) is 0.770. The zero-order valence-electron chi connectivity index (χ0n) is 7.67. The Bertz CT molecular complexity index is 275. The lowest BCUT2D eigenvalue weighted by Crippen LogP contribution is -2.56. The molecule has 0 fully saturated rings. The third-order valence-corrected chi connectivity index (χ3v) is 1.69. The van der Waals surface area contributed by atoms with Gasteiger partial charge < -0.3 is 4.79 Å². The summed E-state index contributed by atoms with van der Waals surface area (Å²) >= 11 is 0. The average molecular weight is 275 g/mol. The number of rotatable bonds is 6. The van der Waals surface area contributed by atoms with E-state index in [4.69, 9.17) is 0 Å². The Morgan fingerprint density at radius 2 is 1.47 bits per heavy atom. The largest absolute Gasteiger partial charge is 0.384 e. The van der Waals surface area contributed by atoms with Crippen LogP contribution in [-0.2, 0) is 4.79 Å². The molecule has 101 valence electrons. The third kappa shape index (κ3) is 2.83. The van der Waals surface area contributed by atoms with Gasteiger partial charge in [0.05, 0.1) is 6.42 Å². The first-order valence-corrected chi connectivity index (χ1v) is 3.81. The monoisotopic (exact) mass is 275 g/mol. The van der Waals surface area contributed by atoms with Crippen molar-refractivity contribution in [3.63, 3.8) is 0 Å². The number of halogens is 9. The van der Waals surface area contributed by atoms with Gasteiger partial charge >= 0.3 is 24.2 Å². The summed E-state index contributed by atoms with van der Waals surface area (Å²) in [5, 5.41) is 0. The van der Waals surface area contributed by atoms with Crippen LogP contribution in [0, 0.1) is 6.43 Å². The summed E-state index contributed by atoms with van der Waals surface area (Å²) < 4.78 is 109. The number of aldehydes is 1. The molecule has 0 aromatic heterocycles. The van der Waals surface area contributed by atoms with E-state index in [1.807, 2.05) is 0 Å². The molecule has 1 atom stereocenters. The van der Waals surface area contributed by atoms with E-state index in [1.165, 1.54) is 0 Å². The molecule has 17 heavy (non-hydrogen) atoms. The first-order valence-electron chi connectivity index (χ1n) is 3.81. The molecule has 0 spiro atoms. The second-order valence-corrected chi connectivity index (χ2v) is 2.97. The Morgan fingerprint density at radius 3 is 1.76 bits per heavy atom. The van der Waals surface area contributed by atoms with E-state index in [1.54, 1.807) is 0 Å². The Hall–Kier alpha value is -0.960. The van der Waals surface area contributed by atoms with E-state index in [2.05, 4.69) is 0 Å². The highest BCUT2D eigenvalue weighted by atomic mass is 19.4. The molecule has 0 rings (SSSR count). The summed E-state index contributed by atoms with van der Waals surface area (Å²) in [6, 6.07) is 0. The quantitative estimate of drug-likeness (QED) is 0.537. The summed E-state index contributed by atoms with van der Waals surface area (Å²) in [5.41, 5.74) is 0. The molecular weight excluding hydrogens is 271 g/mol. The van der Waals surface area contributed by atoms with Crippen molar-refractivity contribution in [3.05, 3.63) is 6.43 Å². The van der Waals surface area contributed by atoms with Gasteiger partial charge in [0.25, 0.3) is 0 Å². The van der Waals surface area contributed by atoms with Crippen LogP contribution >= 0.6 is 0 Å². The predicted molar refractivity (Wildman–Crippen MR) is 35.9 cm³/mol. The van der Waals surface area contributed by atoms with E-state index in [-0.39, 0.29) is 0 Å². The van der Waals surface area contributed by atoms with Crippen LogP contribution in [0.1, 0.15) is 6.42 Å². The van der Waals surface area contributed by atoms with Gasteiger partial charge in [-0.1, -0.05) is 0 Å². The van der Waals surface area contributed by atoms with Crippen LogP contribution in [0.2, 0.25) is 0 Å². The van der Waals surface area contributed by atoms with E-state index in [0.717, 1.165) is 0 Å². The number of alkyl halides is 7. The maximum atomic E-state index is 12.5. The molecule has 1 unspecified atom stereocenters. The molecule has 0 bridgehead atoms. The number of hydrogen-bond donors (Lipinski definition) is 0. The van der Waals surface area contributed by atoms with Crippen LogP contribution in [0.3, 0.4) is 0 Å². The lowest BCUT2D eigenvalue weighted by atomic mass is 10.00. The zero-order chi connectivity index (χ0) is 14.1. The summed E-state index contributed by atoms with van der Waals surface area (Å²) in [4.78, 5) is 9.60. The van der Waals surface area contributed by atoms with Gasteiger partial charge in [-0.05, 0) is 0 Å². The predicted octanol–water partition coefficient (Wildman–Crippen LogP) is 3.25. The fourth-order valence-corrected chi connectivity index (χ4v) is 0.770. The van der Waals surface area contributed by atoms with Gasteiger partial charge in [-0.25, -0.2) is 4.39 Å². The maximum Gasteiger partial charge on any atom is 0.384 e. The lowest BCUT2D eigenvalue weighted by Gasteiger charge is -2.31. The number of hydrogen-bond acceptors (Lipinski definition) is 1. The first kappa shape index (κ1) is 16.0. The highest BCUT2D eigenvalue weighted by Gasteiger charge is 2.76. The Balaban J connectivity index is 5.21. The van der Waals surface area contributed by atoms with Crippen LogP contribution in [0.25, 0.3) is 0 Å². The summed E-state index contributed by atoms with van der Waals surface area (Å²) in [5.74, 6) is -18.7. The molecule has 0 aliphatic carbocycles. The Labute approximate surface area is 88.6 Å². The smallest absolute Gasteiger partial charge is 0.300 e. The van der Waals surface area contributed by atoms with Crippen molar-refractivity contribution in [2.75, 3.05) is 0 Å². The molecule has 0 saturated carbocycles. The SMILES string of the molecule is O=CC(F)CC(F)(F)C(F)(F)C(F)(F)[C](F)F. The lowest BCUT2D eigenvalue weighted by molar-refractivity contribution is -0.320. The van der Waals surface area contributed by atoms with E-state index in [0.29, 0.717) is 0 Å². The van der Waals surface area contributed by atoms with Crippen LogP contribution in [-0.4, -0.2) is 30.2 Å². The summed E-state index contributed by atoms with van der Waals surface area (Å²) in [7, 11) is 0. The van der Waals surface area contributed by atoms with Gasteiger partial charge in [0.2, 0.25) is 0 Å². The van der Waals surface area contributed by atoms with E-state index < -0.39 is 43.1 Å². The molecule has 1 nitrogen and oxygen atoms in total. The molecular formula is C7H4F9O. The second-order valence-electron chi connectivity index (χ2n) is 2.97. The molecule has 0 aromatic carbocycles. The van der Waals surface area contributed by atoms with Crippen molar-refractivity contribution in [2.45, 2.75) is 30.4 Å². The minimum Gasteiger partial charge on any atom is -0.300 e. The van der Waals surface area contributed by atoms with Crippen LogP contribution in [0.15, 0.2) is 0 Å². The molecule has 0 aliphatic rings. The summed E-state index contributed by atoms with van der Waals surface area (Å²) in [6.07, 6.45) is -10.9. The van der Waals surface area contributed by atoms with Crippen LogP contribution in [0.5, 0.6) is 0 Å².